The molecule has 1 fully saturated rings. The van der Waals surface area contributed by atoms with E-state index in [1.165, 1.54) is 10.5 Å². The first kappa shape index (κ1) is 16.5. The van der Waals surface area contributed by atoms with Gasteiger partial charge >= 0.3 is 6.09 Å². The Balaban J connectivity index is 1.95. The Labute approximate surface area is 143 Å². The van der Waals surface area contributed by atoms with Crippen LogP contribution in [0, 0.1) is 12.8 Å². The van der Waals surface area contributed by atoms with Crippen LogP contribution >= 0.6 is 0 Å². The molecule has 0 aromatic heterocycles. The molecular formula is C20H24N2O2. The molecule has 1 saturated heterocycles. The minimum atomic E-state index is -0.885. The van der Waals surface area contributed by atoms with E-state index in [1.807, 2.05) is 36.4 Å². The van der Waals surface area contributed by atoms with Gasteiger partial charge in [-0.2, -0.15) is 0 Å². The normalized spacial score (nSPS) is 17.8. The zero-order chi connectivity index (χ0) is 17.1. The first-order chi connectivity index (χ1) is 11.5. The van der Waals surface area contributed by atoms with Crippen molar-refractivity contribution in [2.24, 2.45) is 5.92 Å². The summed E-state index contributed by atoms with van der Waals surface area (Å²) in [4.78, 5) is 15.7. The number of aryl methyl sites for hydroxylation is 1. The van der Waals surface area contributed by atoms with Gasteiger partial charge in [0.15, 0.2) is 0 Å². The van der Waals surface area contributed by atoms with Crippen LogP contribution in [0.4, 0.5) is 10.5 Å². The summed E-state index contributed by atoms with van der Waals surface area (Å²) < 4.78 is 0. The molecule has 126 valence electrons. The number of carboxylic acid groups (broad SMARTS) is 1. The Morgan fingerprint density at radius 3 is 2.71 bits per heavy atom. The van der Waals surface area contributed by atoms with Gasteiger partial charge in [-0.1, -0.05) is 48.0 Å². The zero-order valence-corrected chi connectivity index (χ0v) is 14.3. The van der Waals surface area contributed by atoms with Crippen LogP contribution in [-0.4, -0.2) is 42.8 Å². The number of hydrogen-bond donors (Lipinski definition) is 1. The molecule has 1 heterocycles. The summed E-state index contributed by atoms with van der Waals surface area (Å²) >= 11 is 0. The number of para-hydroxylation sites is 1. The third kappa shape index (κ3) is 3.60. The molecule has 0 bridgehead atoms. The summed E-state index contributed by atoms with van der Waals surface area (Å²) in [6.07, 6.45) is 0.164. The van der Waals surface area contributed by atoms with E-state index in [0.29, 0.717) is 12.5 Å². The molecule has 2 aromatic rings. The highest BCUT2D eigenvalue weighted by atomic mass is 16.4. The van der Waals surface area contributed by atoms with E-state index < -0.39 is 6.09 Å². The molecule has 2 aromatic carbocycles. The van der Waals surface area contributed by atoms with E-state index in [-0.39, 0.29) is 0 Å². The molecule has 4 nitrogen and oxygen atoms in total. The van der Waals surface area contributed by atoms with E-state index in [1.54, 1.807) is 0 Å². The van der Waals surface area contributed by atoms with Crippen molar-refractivity contribution in [3.05, 3.63) is 54.1 Å². The maximum absolute atomic E-state index is 11.9. The fourth-order valence-corrected chi connectivity index (χ4v) is 3.48. The number of benzene rings is 2. The highest BCUT2D eigenvalue weighted by Gasteiger charge is 2.26. The van der Waals surface area contributed by atoms with E-state index in [4.69, 9.17) is 0 Å². The van der Waals surface area contributed by atoms with Crippen LogP contribution < -0.4 is 4.90 Å². The summed E-state index contributed by atoms with van der Waals surface area (Å²) in [5.41, 5.74) is 3.96. The van der Waals surface area contributed by atoms with Crippen molar-refractivity contribution in [3.63, 3.8) is 0 Å². The quantitative estimate of drug-likeness (QED) is 0.921. The fourth-order valence-electron chi connectivity index (χ4n) is 3.48. The first-order valence-corrected chi connectivity index (χ1v) is 8.39. The Bertz CT molecular complexity index is 729. The highest BCUT2D eigenvalue weighted by molar-refractivity contribution is 5.92. The molecule has 24 heavy (non-hydrogen) atoms. The Kier molecular flexibility index (Phi) is 4.86. The average molecular weight is 324 g/mol. The number of rotatable bonds is 4. The van der Waals surface area contributed by atoms with Crippen LogP contribution in [0.5, 0.6) is 0 Å². The largest absolute Gasteiger partial charge is 0.465 e. The predicted octanol–water partition coefficient (Wildman–Crippen LogP) is 4.10. The molecule has 3 rings (SSSR count). The molecule has 1 aliphatic heterocycles. The van der Waals surface area contributed by atoms with Crippen molar-refractivity contribution in [2.75, 3.05) is 31.6 Å². The van der Waals surface area contributed by atoms with Crippen molar-refractivity contribution < 1.29 is 9.90 Å². The van der Waals surface area contributed by atoms with E-state index >= 15 is 0 Å². The van der Waals surface area contributed by atoms with Crippen molar-refractivity contribution in [1.29, 1.82) is 0 Å². The Hall–Kier alpha value is -2.33. The standard InChI is InChI=1S/C20H24N2O2/c1-15-6-5-7-17(12-15)18-8-3-4-9-19(18)22(20(23)24)14-16-10-11-21(2)13-16/h3-9,12,16H,10-11,13-14H2,1-2H3,(H,23,24). The van der Waals surface area contributed by atoms with Gasteiger partial charge in [0.1, 0.15) is 0 Å². The average Bonchev–Trinajstić information content (AvgIpc) is 2.97. The van der Waals surface area contributed by atoms with E-state index in [2.05, 4.69) is 31.0 Å². The number of anilines is 1. The van der Waals surface area contributed by atoms with Crippen LogP contribution in [0.25, 0.3) is 11.1 Å². The summed E-state index contributed by atoms with van der Waals surface area (Å²) in [6, 6.07) is 16.0. The van der Waals surface area contributed by atoms with Gasteiger partial charge in [0, 0.05) is 18.7 Å². The minimum Gasteiger partial charge on any atom is -0.465 e. The maximum Gasteiger partial charge on any atom is 0.411 e. The van der Waals surface area contributed by atoms with Gasteiger partial charge in [-0.05, 0) is 44.5 Å². The first-order valence-electron chi connectivity index (χ1n) is 8.39. The van der Waals surface area contributed by atoms with Crippen molar-refractivity contribution in [1.82, 2.24) is 4.90 Å². The molecule has 1 atom stereocenters. The second kappa shape index (κ2) is 7.05. The molecular weight excluding hydrogens is 300 g/mol. The number of nitrogens with zero attached hydrogens (tertiary/aromatic N) is 2. The van der Waals surface area contributed by atoms with Crippen molar-refractivity contribution in [2.45, 2.75) is 13.3 Å². The third-order valence-corrected chi connectivity index (χ3v) is 4.68. The van der Waals surface area contributed by atoms with E-state index in [9.17, 15) is 9.90 Å². The lowest BCUT2D eigenvalue weighted by Crippen LogP contribution is -2.35. The monoisotopic (exact) mass is 324 g/mol. The summed E-state index contributed by atoms with van der Waals surface area (Å²) in [5.74, 6) is 0.386. The highest BCUT2D eigenvalue weighted by Crippen LogP contribution is 2.32. The van der Waals surface area contributed by atoms with Gasteiger partial charge in [0.25, 0.3) is 0 Å². The van der Waals surface area contributed by atoms with Crippen LogP contribution in [0.3, 0.4) is 0 Å². The lowest BCUT2D eigenvalue weighted by Gasteiger charge is -2.25. The van der Waals surface area contributed by atoms with Crippen LogP contribution in [0.15, 0.2) is 48.5 Å². The lowest BCUT2D eigenvalue weighted by atomic mass is 10.00. The van der Waals surface area contributed by atoms with Crippen molar-refractivity contribution in [3.8, 4) is 11.1 Å². The zero-order valence-electron chi connectivity index (χ0n) is 14.3. The molecule has 1 N–H and O–H groups in total. The van der Waals surface area contributed by atoms with Crippen LogP contribution in [0.1, 0.15) is 12.0 Å². The topological polar surface area (TPSA) is 43.8 Å². The van der Waals surface area contributed by atoms with E-state index in [0.717, 1.165) is 36.3 Å². The van der Waals surface area contributed by atoms with Crippen LogP contribution in [0.2, 0.25) is 0 Å². The lowest BCUT2D eigenvalue weighted by molar-refractivity contribution is 0.200. The minimum absolute atomic E-state index is 0.386. The molecule has 0 saturated carbocycles. The molecule has 1 amide bonds. The second-order valence-corrected chi connectivity index (χ2v) is 6.70. The fraction of sp³-hybridized carbons (Fsp3) is 0.350. The molecule has 0 radical (unpaired) electrons. The Morgan fingerprint density at radius 2 is 2.04 bits per heavy atom. The predicted molar refractivity (Wildman–Crippen MR) is 97.6 cm³/mol. The maximum atomic E-state index is 11.9. The molecule has 0 spiro atoms. The summed E-state index contributed by atoms with van der Waals surface area (Å²) in [7, 11) is 2.09. The van der Waals surface area contributed by atoms with Crippen molar-refractivity contribution >= 4 is 11.8 Å². The number of amides is 1. The molecule has 1 unspecified atom stereocenters. The van der Waals surface area contributed by atoms with Gasteiger partial charge in [-0.25, -0.2) is 4.79 Å². The smallest absolute Gasteiger partial charge is 0.411 e. The van der Waals surface area contributed by atoms with Gasteiger partial charge in [0.2, 0.25) is 0 Å². The third-order valence-electron chi connectivity index (χ3n) is 4.68. The SMILES string of the molecule is Cc1cccc(-c2ccccc2N(CC2CCN(C)C2)C(=O)O)c1. The van der Waals surface area contributed by atoms with Crippen LogP contribution in [-0.2, 0) is 0 Å². The number of carbonyl (C=O) groups is 1. The molecule has 1 aliphatic rings. The Morgan fingerprint density at radius 1 is 1.25 bits per heavy atom. The van der Waals surface area contributed by atoms with Gasteiger partial charge in [-0.3, -0.25) is 4.90 Å². The van der Waals surface area contributed by atoms with Gasteiger partial charge < -0.3 is 10.0 Å². The summed E-state index contributed by atoms with van der Waals surface area (Å²) in [5, 5.41) is 9.79. The van der Waals surface area contributed by atoms with Gasteiger partial charge in [0.05, 0.1) is 5.69 Å². The second-order valence-electron chi connectivity index (χ2n) is 6.70. The van der Waals surface area contributed by atoms with Gasteiger partial charge in [-0.15, -0.1) is 0 Å². The molecule has 0 aliphatic carbocycles. The summed E-state index contributed by atoms with van der Waals surface area (Å²) in [6.45, 7) is 4.59. The number of likely N-dealkylation sites (tertiary alicyclic amines) is 1. The number of hydrogen-bond acceptors (Lipinski definition) is 2. The molecule has 4 heteroatoms.